The fourth-order valence-corrected chi connectivity index (χ4v) is 2.18. The standard InChI is InChI=1S/C15H18ClN3O2/c1-19-9-11(8-17-19)2-7-15(21)18-14(10-20)12-3-5-13(16)6-4-12/h3-6,8-9,14,20H,2,7,10H2,1H3,(H,18,21). The van der Waals surface area contributed by atoms with Crippen LogP contribution in [0, 0.1) is 0 Å². The molecule has 1 aromatic heterocycles. The molecule has 5 nitrogen and oxygen atoms in total. The van der Waals surface area contributed by atoms with Crippen LogP contribution in [-0.4, -0.2) is 27.4 Å². The van der Waals surface area contributed by atoms with Crippen LogP contribution in [0.3, 0.4) is 0 Å². The lowest BCUT2D eigenvalue weighted by molar-refractivity contribution is -0.122. The number of aryl methyl sites for hydroxylation is 2. The van der Waals surface area contributed by atoms with Crippen LogP contribution in [0.25, 0.3) is 0 Å². The van der Waals surface area contributed by atoms with Crippen molar-refractivity contribution in [1.82, 2.24) is 15.1 Å². The van der Waals surface area contributed by atoms with Gasteiger partial charge in [-0.05, 0) is 29.7 Å². The molecule has 0 aliphatic rings. The molecule has 0 aliphatic heterocycles. The van der Waals surface area contributed by atoms with Gasteiger partial charge in [-0.1, -0.05) is 23.7 Å². The third kappa shape index (κ3) is 4.58. The predicted octanol–water partition coefficient (Wildman–Crippen LogP) is 1.86. The Morgan fingerprint density at radius 2 is 2.14 bits per heavy atom. The van der Waals surface area contributed by atoms with E-state index in [4.69, 9.17) is 11.6 Å². The molecule has 0 saturated carbocycles. The van der Waals surface area contributed by atoms with Gasteiger partial charge in [0.1, 0.15) is 0 Å². The first-order valence-electron chi connectivity index (χ1n) is 6.71. The van der Waals surface area contributed by atoms with Crippen LogP contribution in [0.15, 0.2) is 36.7 Å². The zero-order valence-corrected chi connectivity index (χ0v) is 12.5. The number of rotatable bonds is 6. The van der Waals surface area contributed by atoms with Gasteiger partial charge < -0.3 is 10.4 Å². The van der Waals surface area contributed by atoms with Crippen molar-refractivity contribution in [2.45, 2.75) is 18.9 Å². The Labute approximate surface area is 128 Å². The minimum absolute atomic E-state index is 0.104. The molecule has 2 N–H and O–H groups in total. The molecule has 1 aromatic carbocycles. The first-order valence-corrected chi connectivity index (χ1v) is 7.09. The van der Waals surface area contributed by atoms with E-state index in [0.29, 0.717) is 17.9 Å². The summed E-state index contributed by atoms with van der Waals surface area (Å²) in [5.74, 6) is -0.104. The van der Waals surface area contributed by atoms with E-state index >= 15 is 0 Å². The second-order valence-electron chi connectivity index (χ2n) is 4.88. The molecule has 112 valence electrons. The smallest absolute Gasteiger partial charge is 0.220 e. The Bertz CT molecular complexity index is 595. The first-order chi connectivity index (χ1) is 10.1. The third-order valence-electron chi connectivity index (χ3n) is 3.19. The number of carbonyl (C=O) groups excluding carboxylic acids is 1. The van der Waals surface area contributed by atoms with Gasteiger partial charge in [0.15, 0.2) is 0 Å². The monoisotopic (exact) mass is 307 g/mol. The van der Waals surface area contributed by atoms with Crippen LogP contribution >= 0.6 is 11.6 Å². The third-order valence-corrected chi connectivity index (χ3v) is 3.44. The fraction of sp³-hybridized carbons (Fsp3) is 0.333. The van der Waals surface area contributed by atoms with Gasteiger partial charge in [0, 0.05) is 24.7 Å². The number of halogens is 1. The first kappa shape index (κ1) is 15.5. The summed E-state index contributed by atoms with van der Waals surface area (Å²) < 4.78 is 1.71. The van der Waals surface area contributed by atoms with E-state index in [0.717, 1.165) is 11.1 Å². The minimum Gasteiger partial charge on any atom is -0.394 e. The lowest BCUT2D eigenvalue weighted by Crippen LogP contribution is -2.30. The lowest BCUT2D eigenvalue weighted by atomic mass is 10.1. The molecule has 21 heavy (non-hydrogen) atoms. The summed E-state index contributed by atoms with van der Waals surface area (Å²) in [4.78, 5) is 12.0. The predicted molar refractivity (Wildman–Crippen MR) is 81.0 cm³/mol. The highest BCUT2D eigenvalue weighted by Crippen LogP contribution is 2.16. The van der Waals surface area contributed by atoms with E-state index in [1.807, 2.05) is 13.2 Å². The molecule has 0 saturated heterocycles. The zero-order valence-electron chi connectivity index (χ0n) is 11.8. The topological polar surface area (TPSA) is 67.2 Å². The number of benzene rings is 1. The van der Waals surface area contributed by atoms with Gasteiger partial charge in [-0.15, -0.1) is 0 Å². The van der Waals surface area contributed by atoms with Gasteiger partial charge in [0.25, 0.3) is 0 Å². The second kappa shape index (κ2) is 7.24. The number of carbonyl (C=O) groups is 1. The number of hydrogen-bond acceptors (Lipinski definition) is 3. The average molecular weight is 308 g/mol. The Morgan fingerprint density at radius 1 is 1.43 bits per heavy atom. The van der Waals surface area contributed by atoms with Crippen LogP contribution in [0.5, 0.6) is 0 Å². The van der Waals surface area contributed by atoms with E-state index in [9.17, 15) is 9.90 Å². The van der Waals surface area contributed by atoms with Gasteiger partial charge in [-0.2, -0.15) is 5.10 Å². The van der Waals surface area contributed by atoms with E-state index in [2.05, 4.69) is 10.4 Å². The molecule has 1 unspecified atom stereocenters. The Balaban J connectivity index is 1.89. The van der Waals surface area contributed by atoms with Crippen LogP contribution in [0.1, 0.15) is 23.6 Å². The minimum atomic E-state index is -0.413. The van der Waals surface area contributed by atoms with Crippen LogP contribution < -0.4 is 5.32 Å². The van der Waals surface area contributed by atoms with Gasteiger partial charge in [-0.25, -0.2) is 0 Å². The van der Waals surface area contributed by atoms with E-state index in [-0.39, 0.29) is 12.5 Å². The summed E-state index contributed by atoms with van der Waals surface area (Å²) in [7, 11) is 1.84. The van der Waals surface area contributed by atoms with Gasteiger partial charge in [0.05, 0.1) is 18.8 Å². The van der Waals surface area contributed by atoms with Crippen molar-refractivity contribution in [2.24, 2.45) is 7.05 Å². The number of aromatic nitrogens is 2. The van der Waals surface area contributed by atoms with Crippen molar-refractivity contribution in [3.05, 3.63) is 52.8 Å². The Kier molecular flexibility index (Phi) is 5.36. The molecule has 0 aliphatic carbocycles. The highest BCUT2D eigenvalue weighted by molar-refractivity contribution is 6.30. The summed E-state index contributed by atoms with van der Waals surface area (Å²) >= 11 is 5.83. The molecular formula is C15H18ClN3O2. The highest BCUT2D eigenvalue weighted by Gasteiger charge is 2.13. The normalized spacial score (nSPS) is 12.1. The van der Waals surface area contributed by atoms with Crippen LogP contribution in [0.4, 0.5) is 0 Å². The maximum Gasteiger partial charge on any atom is 0.220 e. The summed E-state index contributed by atoms with van der Waals surface area (Å²) in [6.07, 6.45) is 4.61. The van der Waals surface area contributed by atoms with Crippen LogP contribution in [-0.2, 0) is 18.3 Å². The molecule has 1 heterocycles. The summed E-state index contributed by atoms with van der Waals surface area (Å²) in [5.41, 5.74) is 1.84. The SMILES string of the molecule is Cn1cc(CCC(=O)NC(CO)c2ccc(Cl)cc2)cn1. The molecule has 6 heteroatoms. The van der Waals surface area contributed by atoms with Gasteiger partial charge >= 0.3 is 0 Å². The molecule has 1 atom stereocenters. The molecule has 1 amide bonds. The molecule has 0 fully saturated rings. The molecule has 0 radical (unpaired) electrons. The second-order valence-corrected chi connectivity index (χ2v) is 5.31. The lowest BCUT2D eigenvalue weighted by Gasteiger charge is -2.16. The van der Waals surface area contributed by atoms with Crippen molar-refractivity contribution in [3.8, 4) is 0 Å². The van der Waals surface area contributed by atoms with Crippen molar-refractivity contribution >= 4 is 17.5 Å². The molecule has 0 spiro atoms. The highest BCUT2D eigenvalue weighted by atomic mass is 35.5. The molecule has 0 bridgehead atoms. The largest absolute Gasteiger partial charge is 0.394 e. The quantitative estimate of drug-likeness (QED) is 0.856. The summed E-state index contributed by atoms with van der Waals surface area (Å²) in [6, 6.07) is 6.65. The molecule has 2 rings (SSSR count). The number of aliphatic hydroxyl groups excluding tert-OH is 1. The number of aliphatic hydroxyl groups is 1. The summed E-state index contributed by atoms with van der Waals surface area (Å²) in [5, 5.41) is 16.9. The number of amides is 1. The van der Waals surface area contributed by atoms with Crippen molar-refractivity contribution in [1.29, 1.82) is 0 Å². The Hall–Kier alpha value is -1.85. The maximum absolute atomic E-state index is 12.0. The zero-order chi connectivity index (χ0) is 15.2. The van der Waals surface area contributed by atoms with Crippen LogP contribution in [0.2, 0.25) is 5.02 Å². The number of hydrogen-bond donors (Lipinski definition) is 2. The number of nitrogens with zero attached hydrogens (tertiary/aromatic N) is 2. The van der Waals surface area contributed by atoms with Crippen molar-refractivity contribution in [3.63, 3.8) is 0 Å². The van der Waals surface area contributed by atoms with Gasteiger partial charge in [-0.3, -0.25) is 9.48 Å². The Morgan fingerprint density at radius 3 is 2.71 bits per heavy atom. The van der Waals surface area contributed by atoms with E-state index in [1.54, 1.807) is 35.1 Å². The van der Waals surface area contributed by atoms with Gasteiger partial charge in [0.2, 0.25) is 5.91 Å². The number of nitrogens with one attached hydrogen (secondary N) is 1. The molecular weight excluding hydrogens is 290 g/mol. The average Bonchev–Trinajstić information content (AvgIpc) is 2.89. The maximum atomic E-state index is 12.0. The fourth-order valence-electron chi connectivity index (χ4n) is 2.05. The van der Waals surface area contributed by atoms with E-state index in [1.165, 1.54) is 0 Å². The molecule has 2 aromatic rings. The summed E-state index contributed by atoms with van der Waals surface area (Å²) in [6.45, 7) is -0.153. The van der Waals surface area contributed by atoms with Crippen molar-refractivity contribution in [2.75, 3.05) is 6.61 Å². The van der Waals surface area contributed by atoms with E-state index < -0.39 is 6.04 Å². The van der Waals surface area contributed by atoms with Crippen molar-refractivity contribution < 1.29 is 9.90 Å².